The molecule has 0 saturated heterocycles. The second kappa shape index (κ2) is 7.09. The van der Waals surface area contributed by atoms with Crippen molar-refractivity contribution in [3.63, 3.8) is 0 Å². The zero-order chi connectivity index (χ0) is 19.8. The van der Waals surface area contributed by atoms with Gasteiger partial charge >= 0.3 is 0 Å². The highest BCUT2D eigenvalue weighted by Gasteiger charge is 2.17. The Morgan fingerprint density at radius 1 is 1.21 bits per heavy atom. The zero-order valence-electron chi connectivity index (χ0n) is 15.8. The van der Waals surface area contributed by atoms with Gasteiger partial charge in [-0.05, 0) is 44.5 Å². The number of pyridine rings is 1. The Bertz CT molecular complexity index is 1310. The number of para-hydroxylation sites is 1. The molecule has 3 aromatic heterocycles. The molecule has 0 radical (unpaired) electrons. The molecule has 0 N–H and O–H groups in total. The van der Waals surface area contributed by atoms with Crippen LogP contribution in [-0.4, -0.2) is 24.1 Å². The topological polar surface area (TPSA) is 88.9 Å². The van der Waals surface area contributed by atoms with Crippen molar-refractivity contribution in [1.82, 2.24) is 24.1 Å². The number of thioether (sulfide) groups is 1. The molecule has 1 aromatic carbocycles. The van der Waals surface area contributed by atoms with Gasteiger partial charge in [-0.3, -0.25) is 13.8 Å². The number of fused-ring (bicyclic) bond motifs is 3. The minimum absolute atomic E-state index is 0.0695. The van der Waals surface area contributed by atoms with Gasteiger partial charge in [0.05, 0.1) is 22.2 Å². The van der Waals surface area contributed by atoms with Crippen molar-refractivity contribution in [2.45, 2.75) is 38.1 Å². The van der Waals surface area contributed by atoms with Gasteiger partial charge in [0.2, 0.25) is 5.78 Å². The van der Waals surface area contributed by atoms with Gasteiger partial charge in [0.1, 0.15) is 16.9 Å². The third kappa shape index (κ3) is 2.84. The second-order valence-electron chi connectivity index (χ2n) is 6.48. The molecular formula is C20H18N6OS. The molecule has 140 valence electrons. The van der Waals surface area contributed by atoms with E-state index in [1.165, 1.54) is 11.8 Å². The van der Waals surface area contributed by atoms with Gasteiger partial charge in [0, 0.05) is 12.2 Å². The van der Waals surface area contributed by atoms with E-state index in [9.17, 15) is 10.1 Å². The van der Waals surface area contributed by atoms with Crippen LogP contribution < -0.4 is 5.56 Å². The molecule has 0 bridgehead atoms. The molecule has 0 fully saturated rings. The SMILES string of the molecule is CCn1c(=O)c2ccccc2n2c(CSc3nc(C)cc(C)c3C#N)nnc12. The van der Waals surface area contributed by atoms with Crippen LogP contribution in [0, 0.1) is 25.2 Å². The van der Waals surface area contributed by atoms with E-state index in [0.717, 1.165) is 16.8 Å². The van der Waals surface area contributed by atoms with Crippen LogP contribution in [0.1, 0.15) is 29.6 Å². The molecule has 4 aromatic rings. The predicted octanol–water partition coefficient (Wildman–Crippen LogP) is 3.24. The zero-order valence-corrected chi connectivity index (χ0v) is 16.6. The normalized spacial score (nSPS) is 11.2. The first-order chi connectivity index (χ1) is 13.5. The van der Waals surface area contributed by atoms with E-state index in [1.807, 2.05) is 55.5 Å². The number of benzene rings is 1. The molecule has 0 amide bonds. The first-order valence-corrected chi connectivity index (χ1v) is 9.90. The lowest BCUT2D eigenvalue weighted by Crippen LogP contribution is -2.22. The smallest absolute Gasteiger partial charge is 0.262 e. The van der Waals surface area contributed by atoms with Crippen molar-refractivity contribution in [2.24, 2.45) is 0 Å². The maximum Gasteiger partial charge on any atom is 0.262 e. The standard InChI is InChI=1S/C20H18N6OS/c1-4-25-19(27)14-7-5-6-8-16(14)26-17(23-24-20(25)26)11-28-18-15(10-21)12(2)9-13(3)22-18/h5-9H,4,11H2,1-3H3. The molecule has 4 rings (SSSR count). The number of hydrogen-bond acceptors (Lipinski definition) is 6. The van der Waals surface area contributed by atoms with E-state index in [0.29, 0.717) is 39.9 Å². The Balaban J connectivity index is 1.85. The van der Waals surface area contributed by atoms with Crippen LogP contribution in [0.3, 0.4) is 0 Å². The number of nitriles is 1. The number of aryl methyl sites for hydroxylation is 3. The molecule has 0 unspecified atom stereocenters. The van der Waals surface area contributed by atoms with E-state index >= 15 is 0 Å². The quantitative estimate of drug-likeness (QED) is 0.497. The molecule has 0 aliphatic carbocycles. The highest BCUT2D eigenvalue weighted by molar-refractivity contribution is 7.98. The fourth-order valence-electron chi connectivity index (χ4n) is 3.37. The summed E-state index contributed by atoms with van der Waals surface area (Å²) in [5.41, 5.74) is 3.07. The van der Waals surface area contributed by atoms with E-state index < -0.39 is 0 Å². The highest BCUT2D eigenvalue weighted by atomic mass is 32.2. The third-order valence-electron chi connectivity index (χ3n) is 4.65. The molecule has 3 heterocycles. The van der Waals surface area contributed by atoms with Crippen molar-refractivity contribution in [3.8, 4) is 6.07 Å². The Kier molecular flexibility index (Phi) is 4.61. The Morgan fingerprint density at radius 3 is 2.75 bits per heavy atom. The van der Waals surface area contributed by atoms with Crippen LogP contribution in [0.2, 0.25) is 0 Å². The first kappa shape index (κ1) is 18.2. The molecule has 28 heavy (non-hydrogen) atoms. The Hall–Kier alpha value is -3.18. The van der Waals surface area contributed by atoms with Gasteiger partial charge in [-0.25, -0.2) is 4.98 Å². The van der Waals surface area contributed by atoms with Crippen LogP contribution in [-0.2, 0) is 12.3 Å². The third-order valence-corrected chi connectivity index (χ3v) is 5.62. The average molecular weight is 390 g/mol. The van der Waals surface area contributed by atoms with Crippen molar-refractivity contribution in [2.75, 3.05) is 0 Å². The fourth-order valence-corrected chi connectivity index (χ4v) is 4.38. The highest BCUT2D eigenvalue weighted by Crippen LogP contribution is 2.27. The molecule has 7 nitrogen and oxygen atoms in total. The van der Waals surface area contributed by atoms with E-state index in [4.69, 9.17) is 0 Å². The van der Waals surface area contributed by atoms with Crippen LogP contribution in [0.4, 0.5) is 0 Å². The van der Waals surface area contributed by atoms with Crippen LogP contribution in [0.15, 0.2) is 40.2 Å². The number of aromatic nitrogens is 5. The molecule has 0 aliphatic rings. The summed E-state index contributed by atoms with van der Waals surface area (Å²) in [7, 11) is 0. The minimum atomic E-state index is -0.0695. The van der Waals surface area contributed by atoms with Gasteiger partial charge in [-0.1, -0.05) is 23.9 Å². The summed E-state index contributed by atoms with van der Waals surface area (Å²) in [6, 6.07) is 11.6. The molecule has 0 aliphatic heterocycles. The summed E-state index contributed by atoms with van der Waals surface area (Å²) in [6.07, 6.45) is 0. The summed E-state index contributed by atoms with van der Waals surface area (Å²) in [5.74, 6) is 1.72. The second-order valence-corrected chi connectivity index (χ2v) is 7.44. The Labute approximate surface area is 165 Å². The van der Waals surface area contributed by atoms with E-state index in [2.05, 4.69) is 21.3 Å². The number of rotatable bonds is 4. The van der Waals surface area contributed by atoms with Crippen molar-refractivity contribution in [1.29, 1.82) is 5.26 Å². The lowest BCUT2D eigenvalue weighted by molar-refractivity contribution is 0.735. The van der Waals surface area contributed by atoms with Gasteiger partial charge < -0.3 is 0 Å². The fraction of sp³-hybridized carbons (Fsp3) is 0.250. The lowest BCUT2D eigenvalue weighted by Gasteiger charge is -2.10. The average Bonchev–Trinajstić information content (AvgIpc) is 3.10. The largest absolute Gasteiger partial charge is 0.277 e. The summed E-state index contributed by atoms with van der Waals surface area (Å²) < 4.78 is 3.54. The summed E-state index contributed by atoms with van der Waals surface area (Å²) in [4.78, 5) is 17.3. The first-order valence-electron chi connectivity index (χ1n) is 8.91. The van der Waals surface area contributed by atoms with E-state index in [-0.39, 0.29) is 5.56 Å². The molecule has 0 atom stereocenters. The lowest BCUT2D eigenvalue weighted by atomic mass is 10.1. The number of hydrogen-bond donors (Lipinski definition) is 0. The van der Waals surface area contributed by atoms with Crippen molar-refractivity contribution >= 4 is 28.4 Å². The van der Waals surface area contributed by atoms with Crippen LogP contribution >= 0.6 is 11.8 Å². The van der Waals surface area contributed by atoms with Gasteiger partial charge in [0.25, 0.3) is 5.56 Å². The molecule has 0 spiro atoms. The van der Waals surface area contributed by atoms with Crippen molar-refractivity contribution in [3.05, 3.63) is 63.3 Å². The summed E-state index contributed by atoms with van der Waals surface area (Å²) in [6.45, 7) is 6.25. The predicted molar refractivity (Wildman–Crippen MR) is 108 cm³/mol. The van der Waals surface area contributed by atoms with Gasteiger partial charge in [-0.15, -0.1) is 10.2 Å². The van der Waals surface area contributed by atoms with E-state index in [1.54, 1.807) is 4.57 Å². The summed E-state index contributed by atoms with van der Waals surface area (Å²) >= 11 is 1.45. The van der Waals surface area contributed by atoms with Gasteiger partial charge in [-0.2, -0.15) is 5.26 Å². The molecule has 0 saturated carbocycles. The Morgan fingerprint density at radius 2 is 2.00 bits per heavy atom. The molecule has 8 heteroatoms. The molecular weight excluding hydrogens is 372 g/mol. The maximum atomic E-state index is 12.8. The van der Waals surface area contributed by atoms with Crippen LogP contribution in [0.25, 0.3) is 16.7 Å². The number of nitrogens with zero attached hydrogens (tertiary/aromatic N) is 6. The maximum absolute atomic E-state index is 12.8. The van der Waals surface area contributed by atoms with Crippen LogP contribution in [0.5, 0.6) is 0 Å². The van der Waals surface area contributed by atoms with Crippen molar-refractivity contribution < 1.29 is 0 Å². The monoisotopic (exact) mass is 390 g/mol. The summed E-state index contributed by atoms with van der Waals surface area (Å²) in [5, 5.41) is 19.4. The van der Waals surface area contributed by atoms with Gasteiger partial charge in [0.15, 0.2) is 0 Å². The minimum Gasteiger partial charge on any atom is -0.277 e.